The first-order valence-electron chi connectivity index (χ1n) is 13.5. The average molecular weight is 476 g/mol. The standard InChI is InChI=1S/C33H37N3/c1-3-26(20-14-22-36-25(2)23-29-19-12-13-21-32(29)36)30-24-31(27-15-8-4-5-9-16-27)35-33(34-30)28-17-10-6-7-11-18-28/h3,6-8,10-11,14-17,20,23-24H,4-5,9,12-13,18-19,21-22H2,1-2H3/b20-14-,26-3+. The maximum atomic E-state index is 5.07. The Hall–Kier alpha value is -3.46. The van der Waals surface area contributed by atoms with E-state index in [0.717, 1.165) is 54.2 Å². The van der Waals surface area contributed by atoms with Gasteiger partial charge in [-0.25, -0.2) is 9.97 Å². The van der Waals surface area contributed by atoms with Gasteiger partial charge in [-0.3, -0.25) is 0 Å². The summed E-state index contributed by atoms with van der Waals surface area (Å²) in [6.07, 6.45) is 33.4. The zero-order chi connectivity index (χ0) is 24.7. The summed E-state index contributed by atoms with van der Waals surface area (Å²) in [5, 5.41) is 0. The van der Waals surface area contributed by atoms with Crippen LogP contribution in [0.15, 0.2) is 79.0 Å². The Labute approximate surface area is 216 Å². The molecule has 3 aliphatic carbocycles. The fourth-order valence-corrected chi connectivity index (χ4v) is 5.38. The van der Waals surface area contributed by atoms with Gasteiger partial charge in [0.1, 0.15) is 0 Å². The van der Waals surface area contributed by atoms with Crippen molar-refractivity contribution in [1.29, 1.82) is 0 Å². The highest BCUT2D eigenvalue weighted by molar-refractivity contribution is 5.78. The summed E-state index contributed by atoms with van der Waals surface area (Å²) in [6, 6.07) is 4.55. The molecular weight excluding hydrogens is 438 g/mol. The molecule has 0 atom stereocenters. The van der Waals surface area contributed by atoms with Crippen LogP contribution in [0.3, 0.4) is 0 Å². The SMILES string of the molecule is C/C=C(\C=C/Cn1c(C)cc2c1CCCC2)c1cc(C2=CCCCC=C2)nc(C2=CC=CC=CC2)n1. The van der Waals surface area contributed by atoms with Crippen molar-refractivity contribution in [2.24, 2.45) is 0 Å². The Kier molecular flexibility index (Phi) is 7.76. The number of fused-ring (bicyclic) bond motifs is 1. The van der Waals surface area contributed by atoms with E-state index in [0.29, 0.717) is 0 Å². The molecule has 0 N–H and O–H groups in total. The number of allylic oxidation sites excluding steroid dienone is 14. The molecule has 2 heterocycles. The molecule has 2 aromatic rings. The van der Waals surface area contributed by atoms with Crippen molar-refractivity contribution >= 4 is 16.7 Å². The second-order valence-electron chi connectivity index (χ2n) is 9.89. The summed E-state index contributed by atoms with van der Waals surface area (Å²) in [7, 11) is 0. The normalized spacial score (nSPS) is 18.1. The van der Waals surface area contributed by atoms with Crippen LogP contribution in [0.2, 0.25) is 0 Å². The largest absolute Gasteiger partial charge is 0.345 e. The molecule has 0 unspecified atom stereocenters. The molecule has 0 fully saturated rings. The van der Waals surface area contributed by atoms with E-state index in [-0.39, 0.29) is 0 Å². The van der Waals surface area contributed by atoms with Gasteiger partial charge in [-0.1, -0.05) is 66.8 Å². The zero-order valence-corrected chi connectivity index (χ0v) is 21.7. The first kappa shape index (κ1) is 24.2. The van der Waals surface area contributed by atoms with Crippen molar-refractivity contribution < 1.29 is 0 Å². The van der Waals surface area contributed by atoms with E-state index < -0.39 is 0 Å². The number of hydrogen-bond donors (Lipinski definition) is 0. The molecule has 3 aliphatic rings. The van der Waals surface area contributed by atoms with Gasteiger partial charge in [0, 0.05) is 23.5 Å². The van der Waals surface area contributed by atoms with Gasteiger partial charge < -0.3 is 4.57 Å². The number of aromatic nitrogens is 3. The van der Waals surface area contributed by atoms with Crippen molar-refractivity contribution in [3.63, 3.8) is 0 Å². The smallest absolute Gasteiger partial charge is 0.156 e. The van der Waals surface area contributed by atoms with Crippen LogP contribution in [0.1, 0.15) is 79.6 Å². The molecule has 184 valence electrons. The number of rotatable bonds is 6. The van der Waals surface area contributed by atoms with Crippen LogP contribution >= 0.6 is 0 Å². The van der Waals surface area contributed by atoms with Crippen molar-refractivity contribution in [2.45, 2.75) is 71.8 Å². The maximum absolute atomic E-state index is 5.07. The third kappa shape index (κ3) is 5.51. The highest BCUT2D eigenvalue weighted by Crippen LogP contribution is 2.28. The Balaban J connectivity index is 1.47. The zero-order valence-electron chi connectivity index (χ0n) is 21.7. The van der Waals surface area contributed by atoms with Crippen LogP contribution in [0, 0.1) is 6.92 Å². The molecule has 3 nitrogen and oxygen atoms in total. The maximum Gasteiger partial charge on any atom is 0.156 e. The number of nitrogens with zero attached hydrogens (tertiary/aromatic N) is 3. The third-order valence-corrected chi connectivity index (χ3v) is 7.35. The number of hydrogen-bond acceptors (Lipinski definition) is 2. The van der Waals surface area contributed by atoms with Crippen LogP contribution in [0.4, 0.5) is 0 Å². The predicted molar refractivity (Wildman–Crippen MR) is 152 cm³/mol. The highest BCUT2D eigenvalue weighted by atomic mass is 15.0. The van der Waals surface area contributed by atoms with E-state index >= 15 is 0 Å². The highest BCUT2D eigenvalue weighted by Gasteiger charge is 2.16. The van der Waals surface area contributed by atoms with E-state index in [2.05, 4.69) is 97.4 Å². The van der Waals surface area contributed by atoms with E-state index in [1.54, 1.807) is 5.56 Å². The van der Waals surface area contributed by atoms with E-state index in [9.17, 15) is 0 Å². The minimum atomic E-state index is 0.820. The summed E-state index contributed by atoms with van der Waals surface area (Å²) in [5.74, 6) is 0.820. The molecule has 0 aliphatic heterocycles. The van der Waals surface area contributed by atoms with Crippen molar-refractivity contribution in [2.75, 3.05) is 0 Å². The molecule has 36 heavy (non-hydrogen) atoms. The molecule has 0 spiro atoms. The monoisotopic (exact) mass is 475 g/mol. The lowest BCUT2D eigenvalue weighted by Crippen LogP contribution is -2.08. The first-order chi connectivity index (χ1) is 17.7. The molecular formula is C33H37N3. The van der Waals surface area contributed by atoms with Gasteiger partial charge in [0.05, 0.1) is 11.4 Å². The fraction of sp³-hybridized carbons (Fsp3) is 0.333. The van der Waals surface area contributed by atoms with Crippen LogP contribution in [-0.2, 0) is 19.4 Å². The Bertz CT molecular complexity index is 1320. The first-order valence-corrected chi connectivity index (χ1v) is 13.5. The van der Waals surface area contributed by atoms with E-state index in [4.69, 9.17) is 9.97 Å². The lowest BCUT2D eigenvalue weighted by Gasteiger charge is -2.15. The van der Waals surface area contributed by atoms with Crippen molar-refractivity contribution in [3.8, 4) is 0 Å². The van der Waals surface area contributed by atoms with Crippen LogP contribution < -0.4 is 0 Å². The quantitative estimate of drug-likeness (QED) is 0.395. The van der Waals surface area contributed by atoms with Gasteiger partial charge in [0.2, 0.25) is 0 Å². The predicted octanol–water partition coefficient (Wildman–Crippen LogP) is 8.15. The Morgan fingerprint density at radius 1 is 1.00 bits per heavy atom. The molecule has 0 saturated carbocycles. The number of aryl methyl sites for hydroxylation is 2. The van der Waals surface area contributed by atoms with Gasteiger partial charge in [0.15, 0.2) is 5.82 Å². The minimum Gasteiger partial charge on any atom is -0.345 e. The summed E-state index contributed by atoms with van der Waals surface area (Å²) in [6.45, 7) is 5.24. The van der Waals surface area contributed by atoms with Crippen molar-refractivity contribution in [1.82, 2.24) is 14.5 Å². The van der Waals surface area contributed by atoms with Gasteiger partial charge in [-0.05, 0) is 94.1 Å². The second kappa shape index (κ2) is 11.5. The summed E-state index contributed by atoms with van der Waals surface area (Å²) < 4.78 is 2.49. The molecule has 5 rings (SSSR count). The molecule has 0 radical (unpaired) electrons. The van der Waals surface area contributed by atoms with E-state index in [1.807, 2.05) is 0 Å². The Morgan fingerprint density at radius 3 is 2.83 bits per heavy atom. The second-order valence-corrected chi connectivity index (χ2v) is 9.89. The topological polar surface area (TPSA) is 30.7 Å². The van der Waals surface area contributed by atoms with E-state index in [1.165, 1.54) is 49.1 Å². The molecule has 0 saturated heterocycles. The van der Waals surface area contributed by atoms with Gasteiger partial charge in [-0.15, -0.1) is 0 Å². The third-order valence-electron chi connectivity index (χ3n) is 7.35. The fourth-order valence-electron chi connectivity index (χ4n) is 5.38. The molecule has 2 aromatic heterocycles. The van der Waals surface area contributed by atoms with Crippen LogP contribution in [0.25, 0.3) is 16.7 Å². The van der Waals surface area contributed by atoms with Crippen molar-refractivity contribution in [3.05, 3.63) is 113 Å². The minimum absolute atomic E-state index is 0.820. The van der Waals surface area contributed by atoms with Gasteiger partial charge in [-0.2, -0.15) is 0 Å². The van der Waals surface area contributed by atoms with Gasteiger partial charge >= 0.3 is 0 Å². The molecule has 0 aromatic carbocycles. The lowest BCUT2D eigenvalue weighted by molar-refractivity contribution is 0.630. The summed E-state index contributed by atoms with van der Waals surface area (Å²) >= 11 is 0. The van der Waals surface area contributed by atoms with Crippen LogP contribution in [0.5, 0.6) is 0 Å². The lowest BCUT2D eigenvalue weighted by atomic mass is 9.98. The average Bonchev–Trinajstić information content (AvgIpc) is 3.17. The Morgan fingerprint density at radius 2 is 1.92 bits per heavy atom. The molecule has 0 bridgehead atoms. The molecule has 3 heteroatoms. The summed E-state index contributed by atoms with van der Waals surface area (Å²) in [5.41, 5.74) is 9.93. The summed E-state index contributed by atoms with van der Waals surface area (Å²) in [4.78, 5) is 10.1. The van der Waals surface area contributed by atoms with Gasteiger partial charge in [0.25, 0.3) is 0 Å². The molecule has 0 amide bonds. The van der Waals surface area contributed by atoms with Crippen LogP contribution in [-0.4, -0.2) is 14.5 Å².